The van der Waals surface area contributed by atoms with Crippen LogP contribution in [0.2, 0.25) is 0 Å². The molecule has 0 radical (unpaired) electrons. The van der Waals surface area contributed by atoms with Crippen LogP contribution in [-0.4, -0.2) is 43.7 Å². The molecule has 1 unspecified atom stereocenters. The van der Waals surface area contributed by atoms with Crippen molar-refractivity contribution in [3.05, 3.63) is 23.8 Å². The Labute approximate surface area is 107 Å². The normalized spacial score (nSPS) is 12.2. The van der Waals surface area contributed by atoms with Gasteiger partial charge in [0.15, 0.2) is 0 Å². The molecular formula is C13H21NO4. The molecule has 0 amide bonds. The first kappa shape index (κ1) is 14.8. The molecule has 0 aliphatic rings. The number of benzene rings is 1. The van der Waals surface area contributed by atoms with Crippen molar-refractivity contribution in [2.24, 2.45) is 0 Å². The number of rotatable bonds is 8. The van der Waals surface area contributed by atoms with E-state index in [4.69, 9.17) is 19.7 Å². The highest BCUT2D eigenvalue weighted by Gasteiger charge is 2.09. The first-order valence-corrected chi connectivity index (χ1v) is 5.91. The van der Waals surface area contributed by atoms with Gasteiger partial charge >= 0.3 is 0 Å². The third-order valence-corrected chi connectivity index (χ3v) is 2.77. The van der Waals surface area contributed by atoms with Gasteiger partial charge in [0, 0.05) is 30.8 Å². The second-order valence-corrected chi connectivity index (χ2v) is 3.95. The lowest BCUT2D eigenvalue weighted by atomic mass is 10.1. The van der Waals surface area contributed by atoms with Gasteiger partial charge < -0.3 is 25.0 Å². The van der Waals surface area contributed by atoms with E-state index in [1.54, 1.807) is 14.2 Å². The number of aliphatic hydroxyl groups is 2. The average Bonchev–Trinajstić information content (AvgIpc) is 2.43. The second kappa shape index (κ2) is 7.92. The van der Waals surface area contributed by atoms with E-state index in [9.17, 15) is 0 Å². The Morgan fingerprint density at radius 2 is 2.00 bits per heavy atom. The highest BCUT2D eigenvalue weighted by Crippen LogP contribution is 2.24. The van der Waals surface area contributed by atoms with Gasteiger partial charge in [-0.3, -0.25) is 0 Å². The lowest BCUT2D eigenvalue weighted by Crippen LogP contribution is -2.32. The minimum Gasteiger partial charge on any atom is -0.497 e. The maximum absolute atomic E-state index is 9.12. The summed E-state index contributed by atoms with van der Waals surface area (Å²) >= 11 is 0. The molecule has 1 aromatic carbocycles. The van der Waals surface area contributed by atoms with Crippen molar-refractivity contribution in [3.8, 4) is 11.5 Å². The zero-order valence-electron chi connectivity index (χ0n) is 10.8. The Hall–Kier alpha value is -1.30. The van der Waals surface area contributed by atoms with Gasteiger partial charge in [-0.2, -0.15) is 0 Å². The second-order valence-electron chi connectivity index (χ2n) is 3.95. The number of ether oxygens (including phenoxy) is 2. The molecule has 0 bridgehead atoms. The summed E-state index contributed by atoms with van der Waals surface area (Å²) in [6, 6.07) is 5.48. The van der Waals surface area contributed by atoms with Crippen LogP contribution in [0.5, 0.6) is 11.5 Å². The first-order chi connectivity index (χ1) is 8.74. The zero-order chi connectivity index (χ0) is 13.4. The fourth-order valence-corrected chi connectivity index (χ4v) is 1.67. The third-order valence-electron chi connectivity index (χ3n) is 2.77. The summed E-state index contributed by atoms with van der Waals surface area (Å²) in [4.78, 5) is 0. The van der Waals surface area contributed by atoms with Crippen LogP contribution in [0, 0.1) is 0 Å². The quantitative estimate of drug-likeness (QED) is 0.632. The summed E-state index contributed by atoms with van der Waals surface area (Å²) in [7, 11) is 3.21. The van der Waals surface area contributed by atoms with Crippen molar-refractivity contribution in [3.63, 3.8) is 0 Å². The Morgan fingerprint density at radius 3 is 2.56 bits per heavy atom. The van der Waals surface area contributed by atoms with Crippen LogP contribution in [0.1, 0.15) is 12.0 Å². The molecule has 0 saturated heterocycles. The molecular weight excluding hydrogens is 234 g/mol. The highest BCUT2D eigenvalue weighted by molar-refractivity contribution is 5.40. The van der Waals surface area contributed by atoms with Crippen molar-refractivity contribution < 1.29 is 19.7 Å². The Morgan fingerprint density at radius 1 is 1.22 bits per heavy atom. The molecule has 5 nitrogen and oxygen atoms in total. The Bertz CT molecular complexity index is 357. The summed E-state index contributed by atoms with van der Waals surface area (Å²) in [5.41, 5.74) is 0.981. The number of hydrogen-bond donors (Lipinski definition) is 3. The molecule has 0 spiro atoms. The lowest BCUT2D eigenvalue weighted by molar-refractivity contribution is 0.199. The van der Waals surface area contributed by atoms with Crippen molar-refractivity contribution in [2.45, 2.75) is 19.0 Å². The van der Waals surface area contributed by atoms with Crippen LogP contribution in [0.15, 0.2) is 18.2 Å². The van der Waals surface area contributed by atoms with Crippen LogP contribution < -0.4 is 14.8 Å². The lowest BCUT2D eigenvalue weighted by Gasteiger charge is -2.16. The first-order valence-electron chi connectivity index (χ1n) is 5.91. The Kier molecular flexibility index (Phi) is 6.49. The fraction of sp³-hybridized carbons (Fsp3) is 0.538. The molecule has 18 heavy (non-hydrogen) atoms. The molecule has 0 aromatic heterocycles. The van der Waals surface area contributed by atoms with Gasteiger partial charge in [-0.25, -0.2) is 0 Å². The van der Waals surface area contributed by atoms with E-state index in [1.165, 1.54) is 0 Å². The monoisotopic (exact) mass is 255 g/mol. The van der Waals surface area contributed by atoms with E-state index in [0.717, 1.165) is 17.1 Å². The molecule has 102 valence electrons. The number of methoxy groups -OCH3 is 2. The van der Waals surface area contributed by atoms with Crippen molar-refractivity contribution in [2.75, 3.05) is 27.4 Å². The van der Waals surface area contributed by atoms with Crippen LogP contribution in [0.25, 0.3) is 0 Å². The number of aliphatic hydroxyl groups excluding tert-OH is 2. The summed E-state index contributed by atoms with van der Waals surface area (Å²) in [6.07, 6.45) is 0.523. The predicted molar refractivity (Wildman–Crippen MR) is 69.0 cm³/mol. The summed E-state index contributed by atoms with van der Waals surface area (Å²) in [5, 5.41) is 21.1. The SMILES string of the molecule is COc1ccc(CNC(CO)CCO)c(OC)c1. The topological polar surface area (TPSA) is 71.0 Å². The van der Waals surface area contributed by atoms with Gasteiger partial charge in [0.1, 0.15) is 11.5 Å². The fourth-order valence-electron chi connectivity index (χ4n) is 1.67. The van der Waals surface area contributed by atoms with Crippen LogP contribution >= 0.6 is 0 Å². The minimum absolute atomic E-state index is 0.000962. The molecule has 0 aliphatic carbocycles. The summed E-state index contributed by atoms with van der Waals surface area (Å²) in [6.45, 7) is 0.620. The molecule has 0 fully saturated rings. The van der Waals surface area contributed by atoms with E-state index < -0.39 is 0 Å². The van der Waals surface area contributed by atoms with Gasteiger partial charge in [-0.15, -0.1) is 0 Å². The molecule has 3 N–H and O–H groups in total. The largest absolute Gasteiger partial charge is 0.497 e. The summed E-state index contributed by atoms with van der Waals surface area (Å²) in [5.74, 6) is 1.48. The van der Waals surface area contributed by atoms with Crippen LogP contribution in [0.4, 0.5) is 0 Å². The summed E-state index contributed by atoms with van der Waals surface area (Å²) < 4.78 is 10.4. The number of hydrogen-bond acceptors (Lipinski definition) is 5. The molecule has 0 aliphatic heterocycles. The highest BCUT2D eigenvalue weighted by atomic mass is 16.5. The zero-order valence-corrected chi connectivity index (χ0v) is 10.8. The van der Waals surface area contributed by atoms with E-state index in [2.05, 4.69) is 5.32 Å². The maximum Gasteiger partial charge on any atom is 0.127 e. The van der Waals surface area contributed by atoms with Crippen LogP contribution in [-0.2, 0) is 6.54 Å². The van der Waals surface area contributed by atoms with Crippen LogP contribution in [0.3, 0.4) is 0 Å². The maximum atomic E-state index is 9.12. The van der Waals surface area contributed by atoms with E-state index in [1.807, 2.05) is 18.2 Å². The third kappa shape index (κ3) is 4.18. The van der Waals surface area contributed by atoms with E-state index in [0.29, 0.717) is 13.0 Å². The molecule has 5 heteroatoms. The smallest absolute Gasteiger partial charge is 0.127 e. The average molecular weight is 255 g/mol. The van der Waals surface area contributed by atoms with Gasteiger partial charge in [-0.05, 0) is 12.5 Å². The van der Waals surface area contributed by atoms with Crippen molar-refractivity contribution in [1.29, 1.82) is 0 Å². The van der Waals surface area contributed by atoms with Crippen molar-refractivity contribution in [1.82, 2.24) is 5.32 Å². The standard InChI is InChI=1S/C13H21NO4/c1-17-12-4-3-10(13(7-12)18-2)8-14-11(9-16)5-6-15/h3-4,7,11,14-16H,5-6,8-9H2,1-2H3. The van der Waals surface area contributed by atoms with Gasteiger partial charge in [0.2, 0.25) is 0 Å². The minimum atomic E-state index is -0.109. The van der Waals surface area contributed by atoms with Crippen molar-refractivity contribution >= 4 is 0 Å². The predicted octanol–water partition coefficient (Wildman–Crippen LogP) is 0.537. The van der Waals surface area contributed by atoms with E-state index in [-0.39, 0.29) is 19.3 Å². The van der Waals surface area contributed by atoms with Gasteiger partial charge in [0.25, 0.3) is 0 Å². The molecule has 0 heterocycles. The van der Waals surface area contributed by atoms with Gasteiger partial charge in [0.05, 0.1) is 20.8 Å². The molecule has 0 saturated carbocycles. The van der Waals surface area contributed by atoms with E-state index >= 15 is 0 Å². The van der Waals surface area contributed by atoms with Gasteiger partial charge in [-0.1, -0.05) is 6.07 Å². The molecule has 1 atom stereocenters. The molecule has 1 rings (SSSR count). The molecule has 1 aromatic rings. The Balaban J connectivity index is 2.65. The number of nitrogens with one attached hydrogen (secondary N) is 1.